The third-order valence-corrected chi connectivity index (χ3v) is 2.44. The van der Waals surface area contributed by atoms with Crippen molar-refractivity contribution in [1.29, 1.82) is 0 Å². The van der Waals surface area contributed by atoms with Crippen molar-refractivity contribution in [2.24, 2.45) is 0 Å². The van der Waals surface area contributed by atoms with Gasteiger partial charge in [0.15, 0.2) is 6.10 Å². The molecule has 0 aliphatic rings. The van der Waals surface area contributed by atoms with E-state index in [2.05, 4.69) is 11.9 Å². The molecule has 2 N–H and O–H groups in total. The van der Waals surface area contributed by atoms with Crippen LogP contribution in [0.4, 0.5) is 0 Å². The Kier molecular flexibility index (Phi) is 5.39. The van der Waals surface area contributed by atoms with E-state index >= 15 is 0 Å². The zero-order valence-corrected chi connectivity index (χ0v) is 10.7. The van der Waals surface area contributed by atoms with Gasteiger partial charge in [0, 0.05) is 6.54 Å². The summed E-state index contributed by atoms with van der Waals surface area (Å²) in [5, 5.41) is 12.1. The zero-order valence-electron chi connectivity index (χ0n) is 10.7. The molecule has 98 valence electrons. The summed E-state index contributed by atoms with van der Waals surface area (Å²) >= 11 is 0. The maximum atomic E-state index is 11.6. The lowest BCUT2D eigenvalue weighted by molar-refractivity contribution is -0.127. The Morgan fingerprint density at radius 2 is 2.28 bits per heavy atom. The van der Waals surface area contributed by atoms with Gasteiger partial charge >= 0.3 is 0 Å². The normalized spacial score (nSPS) is 13.5. The molecule has 18 heavy (non-hydrogen) atoms. The Labute approximate surface area is 107 Å². The Morgan fingerprint density at radius 1 is 1.56 bits per heavy atom. The van der Waals surface area contributed by atoms with Gasteiger partial charge in [0.1, 0.15) is 5.75 Å². The lowest BCUT2D eigenvalue weighted by Crippen LogP contribution is -2.36. The van der Waals surface area contributed by atoms with Crippen molar-refractivity contribution in [3.63, 3.8) is 0 Å². The number of aliphatic hydroxyl groups excluding tert-OH is 1. The second-order valence-corrected chi connectivity index (χ2v) is 4.04. The van der Waals surface area contributed by atoms with Crippen LogP contribution in [-0.4, -0.2) is 23.7 Å². The summed E-state index contributed by atoms with van der Waals surface area (Å²) in [7, 11) is 0. The number of carbonyl (C=O) groups is 1. The van der Waals surface area contributed by atoms with Gasteiger partial charge in [-0.3, -0.25) is 4.79 Å². The lowest BCUT2D eigenvalue weighted by Gasteiger charge is -2.15. The van der Waals surface area contributed by atoms with Crippen LogP contribution in [0.5, 0.6) is 5.75 Å². The molecule has 1 aromatic rings. The fraction of sp³-hybridized carbons (Fsp3) is 0.357. The highest BCUT2D eigenvalue weighted by Gasteiger charge is 2.14. The Hall–Kier alpha value is -1.81. The molecule has 1 unspecified atom stereocenters. The first-order valence-electron chi connectivity index (χ1n) is 5.88. The van der Waals surface area contributed by atoms with E-state index in [9.17, 15) is 9.90 Å². The van der Waals surface area contributed by atoms with Gasteiger partial charge in [0.25, 0.3) is 5.91 Å². The van der Waals surface area contributed by atoms with Crippen molar-refractivity contribution in [3.05, 3.63) is 42.5 Å². The summed E-state index contributed by atoms with van der Waals surface area (Å²) in [4.78, 5) is 11.6. The first-order chi connectivity index (χ1) is 8.54. The van der Waals surface area contributed by atoms with E-state index in [-0.39, 0.29) is 5.91 Å². The van der Waals surface area contributed by atoms with Gasteiger partial charge in [-0.2, -0.15) is 0 Å². The molecule has 0 radical (unpaired) electrons. The highest BCUT2D eigenvalue weighted by Crippen LogP contribution is 2.19. The third-order valence-electron chi connectivity index (χ3n) is 2.44. The van der Waals surface area contributed by atoms with Crippen LogP contribution in [0, 0.1) is 0 Å². The standard InChI is InChI=1S/C14H19NO3/c1-4-8-15-14(17)11(3)18-13-7-5-6-12(9-13)10(2)16/h4-7,9-11,16H,1,8H2,2-3H3,(H,15,17)/t10-,11?/m1/s1. The monoisotopic (exact) mass is 249 g/mol. The third kappa shape index (κ3) is 4.22. The van der Waals surface area contributed by atoms with E-state index < -0.39 is 12.2 Å². The molecule has 0 heterocycles. The minimum absolute atomic E-state index is 0.197. The molecule has 4 heteroatoms. The molecule has 0 aliphatic heterocycles. The van der Waals surface area contributed by atoms with Gasteiger partial charge in [-0.1, -0.05) is 18.2 Å². The van der Waals surface area contributed by atoms with E-state index in [1.165, 1.54) is 0 Å². The molecule has 0 aliphatic carbocycles. The zero-order chi connectivity index (χ0) is 13.5. The van der Waals surface area contributed by atoms with Crippen molar-refractivity contribution in [2.75, 3.05) is 6.54 Å². The summed E-state index contributed by atoms with van der Waals surface area (Å²) in [6.07, 6.45) is 0.464. The topological polar surface area (TPSA) is 58.6 Å². The predicted molar refractivity (Wildman–Crippen MR) is 70.4 cm³/mol. The minimum Gasteiger partial charge on any atom is -0.481 e. The Morgan fingerprint density at radius 3 is 2.89 bits per heavy atom. The SMILES string of the molecule is C=CCNC(=O)C(C)Oc1cccc([C@@H](C)O)c1. The molecular weight excluding hydrogens is 230 g/mol. The summed E-state index contributed by atoms with van der Waals surface area (Å²) in [6, 6.07) is 7.07. The summed E-state index contributed by atoms with van der Waals surface area (Å²) in [6.45, 7) is 7.29. The second kappa shape index (κ2) is 6.81. The number of rotatable bonds is 6. The van der Waals surface area contributed by atoms with Crippen LogP contribution in [0.3, 0.4) is 0 Å². The van der Waals surface area contributed by atoms with Gasteiger partial charge < -0.3 is 15.2 Å². The highest BCUT2D eigenvalue weighted by atomic mass is 16.5. The number of ether oxygens (including phenoxy) is 1. The molecule has 0 saturated heterocycles. The summed E-state index contributed by atoms with van der Waals surface area (Å²) in [5.41, 5.74) is 0.756. The summed E-state index contributed by atoms with van der Waals surface area (Å²) in [5.74, 6) is 0.368. The van der Waals surface area contributed by atoms with E-state index in [1.807, 2.05) is 0 Å². The predicted octanol–water partition coefficient (Wildman–Crippen LogP) is 1.81. The Balaban J connectivity index is 2.63. The molecule has 1 amide bonds. The van der Waals surface area contributed by atoms with Crippen molar-refractivity contribution >= 4 is 5.91 Å². The van der Waals surface area contributed by atoms with Crippen LogP contribution in [0.15, 0.2) is 36.9 Å². The average molecular weight is 249 g/mol. The van der Waals surface area contributed by atoms with Crippen molar-refractivity contribution in [1.82, 2.24) is 5.32 Å². The van der Waals surface area contributed by atoms with Gasteiger partial charge in [-0.15, -0.1) is 6.58 Å². The van der Waals surface area contributed by atoms with Crippen LogP contribution < -0.4 is 10.1 Å². The number of hydrogen-bond donors (Lipinski definition) is 2. The fourth-order valence-corrected chi connectivity index (χ4v) is 1.42. The molecule has 0 bridgehead atoms. The number of aliphatic hydroxyl groups is 1. The van der Waals surface area contributed by atoms with Crippen molar-refractivity contribution in [2.45, 2.75) is 26.1 Å². The van der Waals surface area contributed by atoms with E-state index in [1.54, 1.807) is 44.2 Å². The van der Waals surface area contributed by atoms with Gasteiger partial charge in [0.05, 0.1) is 6.10 Å². The van der Waals surface area contributed by atoms with E-state index in [0.717, 1.165) is 5.56 Å². The number of carbonyl (C=O) groups excluding carboxylic acids is 1. The van der Waals surface area contributed by atoms with Crippen molar-refractivity contribution in [3.8, 4) is 5.75 Å². The van der Waals surface area contributed by atoms with Crippen LogP contribution in [0.2, 0.25) is 0 Å². The molecule has 0 spiro atoms. The first kappa shape index (κ1) is 14.3. The van der Waals surface area contributed by atoms with Crippen LogP contribution in [-0.2, 0) is 4.79 Å². The minimum atomic E-state index is -0.589. The number of benzene rings is 1. The molecule has 1 aromatic carbocycles. The molecular formula is C14H19NO3. The lowest BCUT2D eigenvalue weighted by atomic mass is 10.1. The first-order valence-corrected chi connectivity index (χ1v) is 5.88. The van der Waals surface area contributed by atoms with Crippen LogP contribution in [0.1, 0.15) is 25.5 Å². The quantitative estimate of drug-likeness (QED) is 0.756. The number of nitrogens with one attached hydrogen (secondary N) is 1. The molecule has 4 nitrogen and oxygen atoms in total. The van der Waals surface area contributed by atoms with Gasteiger partial charge in [0.2, 0.25) is 0 Å². The molecule has 0 aromatic heterocycles. The van der Waals surface area contributed by atoms with Crippen LogP contribution in [0.25, 0.3) is 0 Å². The number of hydrogen-bond acceptors (Lipinski definition) is 3. The van der Waals surface area contributed by atoms with Crippen molar-refractivity contribution < 1.29 is 14.6 Å². The average Bonchev–Trinajstić information content (AvgIpc) is 2.36. The smallest absolute Gasteiger partial charge is 0.261 e. The largest absolute Gasteiger partial charge is 0.481 e. The molecule has 2 atom stereocenters. The van der Waals surface area contributed by atoms with E-state index in [4.69, 9.17) is 4.74 Å². The maximum Gasteiger partial charge on any atom is 0.261 e. The molecule has 0 saturated carbocycles. The van der Waals surface area contributed by atoms with E-state index in [0.29, 0.717) is 12.3 Å². The maximum absolute atomic E-state index is 11.6. The molecule has 1 rings (SSSR count). The summed E-state index contributed by atoms with van der Waals surface area (Å²) < 4.78 is 5.51. The fourth-order valence-electron chi connectivity index (χ4n) is 1.42. The highest BCUT2D eigenvalue weighted by molar-refractivity contribution is 5.80. The van der Waals surface area contributed by atoms with Gasteiger partial charge in [-0.25, -0.2) is 0 Å². The Bertz CT molecular complexity index is 415. The molecule has 0 fully saturated rings. The van der Waals surface area contributed by atoms with Crippen LogP contribution >= 0.6 is 0 Å². The van der Waals surface area contributed by atoms with Gasteiger partial charge in [-0.05, 0) is 31.5 Å². The second-order valence-electron chi connectivity index (χ2n) is 4.04. The number of amides is 1.